The minimum atomic E-state index is -3.58. The van der Waals surface area contributed by atoms with E-state index in [1.165, 1.54) is 19.2 Å². The Balaban J connectivity index is 2.02. The van der Waals surface area contributed by atoms with Crippen LogP contribution in [0.5, 0.6) is 0 Å². The summed E-state index contributed by atoms with van der Waals surface area (Å²) in [6.45, 7) is 2.89. The summed E-state index contributed by atoms with van der Waals surface area (Å²) in [6.07, 6.45) is 2.11. The number of hydrogen-bond donors (Lipinski definition) is 2. The van der Waals surface area contributed by atoms with Crippen molar-refractivity contribution in [3.63, 3.8) is 0 Å². The zero-order valence-electron chi connectivity index (χ0n) is 14.8. The van der Waals surface area contributed by atoms with Crippen molar-refractivity contribution < 1.29 is 17.9 Å². The number of benzene rings is 1. The number of piperidine rings is 1. The lowest BCUT2D eigenvalue weighted by atomic mass is 9.97. The second kappa shape index (κ2) is 9.28. The Labute approximate surface area is 149 Å². The number of rotatable bonds is 8. The van der Waals surface area contributed by atoms with Gasteiger partial charge < -0.3 is 15.0 Å². The Kier molecular flexibility index (Phi) is 7.37. The number of ether oxygens (including phenoxy) is 1. The second-order valence-electron chi connectivity index (χ2n) is 6.23. The molecular weight excluding hydrogens is 342 g/mol. The van der Waals surface area contributed by atoms with Gasteiger partial charge in [-0.2, -0.15) is 0 Å². The average molecular weight is 369 g/mol. The number of hydrogen-bond acceptors (Lipinski definition) is 5. The molecule has 1 heterocycles. The third-order valence-electron chi connectivity index (χ3n) is 4.31. The maximum absolute atomic E-state index is 12.6. The number of likely N-dealkylation sites (tertiary alicyclic amines) is 1. The topological polar surface area (TPSA) is 87.7 Å². The van der Waals surface area contributed by atoms with E-state index >= 15 is 0 Å². The molecule has 1 fully saturated rings. The van der Waals surface area contributed by atoms with Gasteiger partial charge in [0.2, 0.25) is 10.0 Å². The summed E-state index contributed by atoms with van der Waals surface area (Å²) in [4.78, 5) is 14.6. The van der Waals surface area contributed by atoms with Crippen molar-refractivity contribution in [1.82, 2.24) is 14.9 Å². The van der Waals surface area contributed by atoms with E-state index in [1.807, 2.05) is 11.9 Å². The minimum absolute atomic E-state index is 0.0444. The van der Waals surface area contributed by atoms with Gasteiger partial charge in [-0.05, 0) is 56.6 Å². The number of carbonyl (C=O) groups is 1. The number of sulfonamides is 1. The number of amides is 1. The van der Waals surface area contributed by atoms with Crippen LogP contribution in [0.3, 0.4) is 0 Å². The van der Waals surface area contributed by atoms with Crippen LogP contribution < -0.4 is 10.0 Å². The fraction of sp³-hybridized carbons (Fsp3) is 0.588. The molecule has 0 radical (unpaired) electrons. The maximum atomic E-state index is 12.6. The van der Waals surface area contributed by atoms with Crippen LogP contribution in [-0.2, 0) is 14.8 Å². The van der Waals surface area contributed by atoms with Gasteiger partial charge in [-0.1, -0.05) is 0 Å². The molecule has 0 spiro atoms. The Hall–Kier alpha value is -1.48. The third-order valence-corrected chi connectivity index (χ3v) is 5.79. The molecule has 1 aromatic carbocycles. The van der Waals surface area contributed by atoms with Crippen LogP contribution in [-0.4, -0.2) is 66.2 Å². The van der Waals surface area contributed by atoms with Crippen LogP contribution in [0.15, 0.2) is 29.2 Å². The van der Waals surface area contributed by atoms with Gasteiger partial charge in [0.25, 0.3) is 5.91 Å². The third kappa shape index (κ3) is 5.50. The molecule has 0 aromatic heterocycles. The van der Waals surface area contributed by atoms with Crippen molar-refractivity contribution in [2.45, 2.75) is 17.7 Å². The maximum Gasteiger partial charge on any atom is 0.253 e. The van der Waals surface area contributed by atoms with Crippen molar-refractivity contribution in [1.29, 1.82) is 0 Å². The highest BCUT2D eigenvalue weighted by Gasteiger charge is 2.24. The van der Waals surface area contributed by atoms with Crippen molar-refractivity contribution in [3.8, 4) is 0 Å². The molecule has 0 bridgehead atoms. The molecule has 2 N–H and O–H groups in total. The molecule has 140 valence electrons. The summed E-state index contributed by atoms with van der Waals surface area (Å²) in [5.74, 6) is 0.421. The van der Waals surface area contributed by atoms with Crippen molar-refractivity contribution in [3.05, 3.63) is 29.8 Å². The lowest BCUT2D eigenvalue weighted by molar-refractivity contribution is 0.0674. The summed E-state index contributed by atoms with van der Waals surface area (Å²) in [5.41, 5.74) is 0.515. The van der Waals surface area contributed by atoms with Gasteiger partial charge in [0.15, 0.2) is 0 Å². The molecular formula is C17H27N3O4S. The van der Waals surface area contributed by atoms with Crippen LogP contribution in [0.1, 0.15) is 23.2 Å². The van der Waals surface area contributed by atoms with E-state index in [9.17, 15) is 13.2 Å². The molecule has 1 aromatic rings. The molecule has 8 heteroatoms. The first-order valence-electron chi connectivity index (χ1n) is 8.50. The first kappa shape index (κ1) is 19.8. The van der Waals surface area contributed by atoms with Crippen molar-refractivity contribution >= 4 is 15.9 Å². The lowest BCUT2D eigenvalue weighted by Crippen LogP contribution is -2.42. The number of nitrogens with one attached hydrogen (secondary N) is 2. The lowest BCUT2D eigenvalue weighted by Gasteiger charge is -2.32. The van der Waals surface area contributed by atoms with Crippen LogP contribution >= 0.6 is 0 Å². The van der Waals surface area contributed by atoms with Crippen LogP contribution in [0, 0.1) is 5.92 Å². The minimum Gasteiger partial charge on any atom is -0.383 e. The summed E-state index contributed by atoms with van der Waals surface area (Å²) in [5, 5.41) is 3.16. The largest absolute Gasteiger partial charge is 0.383 e. The van der Waals surface area contributed by atoms with Crippen LogP contribution in [0.2, 0.25) is 0 Å². The van der Waals surface area contributed by atoms with Crippen molar-refractivity contribution in [2.24, 2.45) is 5.92 Å². The highest BCUT2D eigenvalue weighted by atomic mass is 32.2. The van der Waals surface area contributed by atoms with Crippen LogP contribution in [0.25, 0.3) is 0 Å². The van der Waals surface area contributed by atoms with E-state index in [-0.39, 0.29) is 17.3 Å². The SMILES string of the molecule is CNCC1CCCN(C(=O)c2ccc(S(=O)(=O)NCCOC)cc2)C1. The average Bonchev–Trinajstić information content (AvgIpc) is 2.62. The molecule has 25 heavy (non-hydrogen) atoms. The van der Waals surface area contributed by atoms with Gasteiger partial charge in [0.1, 0.15) is 0 Å². The van der Waals surface area contributed by atoms with Crippen molar-refractivity contribution in [2.75, 3.05) is 46.9 Å². The van der Waals surface area contributed by atoms with E-state index in [2.05, 4.69) is 10.0 Å². The highest BCUT2D eigenvalue weighted by molar-refractivity contribution is 7.89. The van der Waals surface area contributed by atoms with Gasteiger partial charge in [-0.3, -0.25) is 4.79 Å². The van der Waals surface area contributed by atoms with Gasteiger partial charge in [0.05, 0.1) is 11.5 Å². The summed E-state index contributed by atoms with van der Waals surface area (Å²) >= 11 is 0. The standard InChI is InChI=1S/C17H27N3O4S/c1-18-12-14-4-3-10-20(13-14)17(21)15-5-7-16(8-6-15)25(22,23)19-9-11-24-2/h5-8,14,18-19H,3-4,9-13H2,1-2H3. The quantitative estimate of drug-likeness (QED) is 0.658. The molecule has 0 aliphatic carbocycles. The molecule has 0 saturated carbocycles. The number of carbonyl (C=O) groups excluding carboxylic acids is 1. The molecule has 7 nitrogen and oxygen atoms in total. The van der Waals surface area contributed by atoms with E-state index in [0.717, 1.165) is 32.5 Å². The highest BCUT2D eigenvalue weighted by Crippen LogP contribution is 2.19. The molecule has 1 saturated heterocycles. The van der Waals surface area contributed by atoms with Gasteiger partial charge in [-0.25, -0.2) is 13.1 Å². The molecule has 1 unspecified atom stereocenters. The predicted octanol–water partition coefficient (Wildman–Crippen LogP) is 0.683. The second-order valence-corrected chi connectivity index (χ2v) is 8.00. The Morgan fingerprint density at radius 1 is 1.32 bits per heavy atom. The fourth-order valence-electron chi connectivity index (χ4n) is 3.03. The fourth-order valence-corrected chi connectivity index (χ4v) is 4.04. The predicted molar refractivity (Wildman–Crippen MR) is 96.1 cm³/mol. The molecule has 1 atom stereocenters. The summed E-state index contributed by atoms with van der Waals surface area (Å²) in [7, 11) is -0.152. The van der Waals surface area contributed by atoms with E-state index < -0.39 is 10.0 Å². The first-order valence-corrected chi connectivity index (χ1v) is 9.99. The smallest absolute Gasteiger partial charge is 0.253 e. The number of nitrogens with zero attached hydrogens (tertiary/aromatic N) is 1. The van der Waals surface area contributed by atoms with Gasteiger partial charge in [0, 0.05) is 32.3 Å². The number of methoxy groups -OCH3 is 1. The monoisotopic (exact) mass is 369 g/mol. The Bertz CT molecular complexity index is 659. The molecule has 2 rings (SSSR count). The van der Waals surface area contributed by atoms with E-state index in [0.29, 0.717) is 18.1 Å². The molecule has 1 aliphatic rings. The molecule has 1 aliphatic heterocycles. The first-order chi connectivity index (χ1) is 12.0. The zero-order valence-corrected chi connectivity index (χ0v) is 15.6. The van der Waals surface area contributed by atoms with E-state index in [1.54, 1.807) is 12.1 Å². The normalized spacial score (nSPS) is 18.3. The molecule has 1 amide bonds. The van der Waals surface area contributed by atoms with Gasteiger partial charge in [-0.15, -0.1) is 0 Å². The Morgan fingerprint density at radius 2 is 2.04 bits per heavy atom. The Morgan fingerprint density at radius 3 is 2.68 bits per heavy atom. The van der Waals surface area contributed by atoms with E-state index in [4.69, 9.17) is 4.74 Å². The zero-order chi connectivity index (χ0) is 18.3. The summed E-state index contributed by atoms with van der Waals surface area (Å²) in [6, 6.07) is 6.10. The van der Waals surface area contributed by atoms with Crippen LogP contribution in [0.4, 0.5) is 0 Å². The van der Waals surface area contributed by atoms with Gasteiger partial charge >= 0.3 is 0 Å². The summed E-state index contributed by atoms with van der Waals surface area (Å²) < 4.78 is 31.6.